The van der Waals surface area contributed by atoms with E-state index in [1.165, 1.54) is 24.3 Å². The molecule has 1 unspecified atom stereocenters. The van der Waals surface area contributed by atoms with E-state index in [2.05, 4.69) is 5.32 Å². The van der Waals surface area contributed by atoms with Crippen molar-refractivity contribution in [3.63, 3.8) is 0 Å². The fraction of sp³-hybridized carbons (Fsp3) is 0.417. The number of halogens is 1. The fourth-order valence-electron chi connectivity index (χ4n) is 2.99. The molecular formula is C24H31FN2O3. The number of benzene rings is 2. The minimum Gasteiger partial charge on any atom is -0.484 e. The Morgan fingerprint density at radius 1 is 1.07 bits per heavy atom. The molecule has 162 valence electrons. The lowest BCUT2D eigenvalue weighted by Gasteiger charge is -2.31. The molecule has 0 spiro atoms. The third-order valence-electron chi connectivity index (χ3n) is 4.72. The predicted octanol–water partition coefficient (Wildman–Crippen LogP) is 4.09. The molecule has 2 rings (SSSR count). The quantitative estimate of drug-likeness (QED) is 0.637. The van der Waals surface area contributed by atoms with Gasteiger partial charge in [0, 0.05) is 13.1 Å². The Morgan fingerprint density at radius 3 is 2.27 bits per heavy atom. The van der Waals surface area contributed by atoms with Gasteiger partial charge in [-0.1, -0.05) is 50.6 Å². The third kappa shape index (κ3) is 7.17. The highest BCUT2D eigenvalue weighted by atomic mass is 19.1. The second kappa shape index (κ2) is 11.3. The molecule has 6 heteroatoms. The van der Waals surface area contributed by atoms with E-state index in [0.717, 1.165) is 11.1 Å². The van der Waals surface area contributed by atoms with Gasteiger partial charge in [0.05, 0.1) is 0 Å². The number of rotatable bonds is 10. The van der Waals surface area contributed by atoms with Crippen LogP contribution in [0.25, 0.3) is 0 Å². The standard InChI is InChI=1S/C24H31FN2O3/c1-5-22(24(29)26-14-17(2)3)27(15-19-8-6-18(4)7-9-19)23(28)16-30-21-12-10-20(25)11-13-21/h6-13,17,22H,5,14-16H2,1-4H3,(H,26,29). The van der Waals surface area contributed by atoms with E-state index in [9.17, 15) is 14.0 Å². The number of amides is 2. The zero-order valence-electron chi connectivity index (χ0n) is 18.2. The van der Waals surface area contributed by atoms with E-state index in [0.29, 0.717) is 31.2 Å². The SMILES string of the molecule is CCC(C(=O)NCC(C)C)N(Cc1ccc(C)cc1)C(=O)COc1ccc(F)cc1. The Kier molecular flexibility index (Phi) is 8.84. The summed E-state index contributed by atoms with van der Waals surface area (Å²) in [6.45, 7) is 8.55. The zero-order chi connectivity index (χ0) is 22.1. The summed E-state index contributed by atoms with van der Waals surface area (Å²) in [6, 6.07) is 12.8. The fourth-order valence-corrected chi connectivity index (χ4v) is 2.99. The van der Waals surface area contributed by atoms with Gasteiger partial charge < -0.3 is 15.0 Å². The topological polar surface area (TPSA) is 58.6 Å². The lowest BCUT2D eigenvalue weighted by atomic mass is 10.1. The molecule has 2 aromatic rings. The summed E-state index contributed by atoms with van der Waals surface area (Å²) in [5.41, 5.74) is 2.06. The molecule has 1 atom stereocenters. The average Bonchev–Trinajstić information content (AvgIpc) is 2.72. The predicted molar refractivity (Wildman–Crippen MR) is 116 cm³/mol. The van der Waals surface area contributed by atoms with Gasteiger partial charge >= 0.3 is 0 Å². The summed E-state index contributed by atoms with van der Waals surface area (Å²) in [7, 11) is 0. The molecule has 0 bridgehead atoms. The molecule has 2 aromatic carbocycles. The lowest BCUT2D eigenvalue weighted by Crippen LogP contribution is -2.50. The summed E-state index contributed by atoms with van der Waals surface area (Å²) in [6.07, 6.45) is 0.484. The van der Waals surface area contributed by atoms with Gasteiger partial charge in [0.25, 0.3) is 5.91 Å². The van der Waals surface area contributed by atoms with E-state index in [4.69, 9.17) is 4.74 Å². The van der Waals surface area contributed by atoms with Gasteiger partial charge in [-0.2, -0.15) is 0 Å². The van der Waals surface area contributed by atoms with Gasteiger partial charge in [-0.3, -0.25) is 9.59 Å². The third-order valence-corrected chi connectivity index (χ3v) is 4.72. The van der Waals surface area contributed by atoms with Crippen molar-refractivity contribution in [2.45, 2.75) is 46.7 Å². The van der Waals surface area contributed by atoms with Crippen LogP contribution in [0.3, 0.4) is 0 Å². The number of carbonyl (C=O) groups is 2. The van der Waals surface area contributed by atoms with Crippen LogP contribution in [0.1, 0.15) is 38.3 Å². The van der Waals surface area contributed by atoms with Crippen LogP contribution in [0, 0.1) is 18.7 Å². The molecule has 5 nitrogen and oxygen atoms in total. The van der Waals surface area contributed by atoms with Crippen molar-refractivity contribution >= 4 is 11.8 Å². The number of ether oxygens (including phenoxy) is 1. The number of hydrogen-bond acceptors (Lipinski definition) is 3. The first-order valence-corrected chi connectivity index (χ1v) is 10.3. The van der Waals surface area contributed by atoms with Crippen LogP contribution < -0.4 is 10.1 Å². The van der Waals surface area contributed by atoms with Crippen LogP contribution >= 0.6 is 0 Å². The van der Waals surface area contributed by atoms with Crippen molar-refractivity contribution in [3.8, 4) is 5.75 Å². The molecule has 0 fully saturated rings. The molecular weight excluding hydrogens is 383 g/mol. The smallest absolute Gasteiger partial charge is 0.261 e. The summed E-state index contributed by atoms with van der Waals surface area (Å²) >= 11 is 0. The van der Waals surface area contributed by atoms with E-state index >= 15 is 0 Å². The highest BCUT2D eigenvalue weighted by Crippen LogP contribution is 2.15. The minimum atomic E-state index is -0.602. The molecule has 0 aliphatic heterocycles. The highest BCUT2D eigenvalue weighted by molar-refractivity contribution is 5.88. The molecule has 0 aromatic heterocycles. The Bertz CT molecular complexity index is 819. The van der Waals surface area contributed by atoms with Gasteiger partial charge in [0.2, 0.25) is 5.91 Å². The number of hydrogen-bond donors (Lipinski definition) is 1. The molecule has 0 saturated carbocycles. The van der Waals surface area contributed by atoms with Crippen molar-refractivity contribution in [2.24, 2.45) is 5.92 Å². The van der Waals surface area contributed by atoms with E-state index in [1.807, 2.05) is 52.0 Å². The van der Waals surface area contributed by atoms with Gasteiger partial charge in [-0.25, -0.2) is 4.39 Å². The van der Waals surface area contributed by atoms with Gasteiger partial charge in [0.1, 0.15) is 17.6 Å². The highest BCUT2D eigenvalue weighted by Gasteiger charge is 2.29. The van der Waals surface area contributed by atoms with E-state index in [1.54, 1.807) is 4.90 Å². The van der Waals surface area contributed by atoms with Gasteiger partial charge in [-0.05, 0) is 49.1 Å². The zero-order valence-corrected chi connectivity index (χ0v) is 18.2. The Morgan fingerprint density at radius 2 is 1.70 bits per heavy atom. The molecule has 30 heavy (non-hydrogen) atoms. The normalized spacial score (nSPS) is 11.8. The first kappa shape index (κ1) is 23.4. The number of aryl methyl sites for hydroxylation is 1. The van der Waals surface area contributed by atoms with Crippen molar-refractivity contribution in [1.82, 2.24) is 10.2 Å². The number of nitrogens with one attached hydrogen (secondary N) is 1. The van der Waals surface area contributed by atoms with Crippen molar-refractivity contribution < 1.29 is 18.7 Å². The molecule has 2 amide bonds. The van der Waals surface area contributed by atoms with E-state index in [-0.39, 0.29) is 24.2 Å². The monoisotopic (exact) mass is 414 g/mol. The van der Waals surface area contributed by atoms with Crippen LogP contribution in [0.2, 0.25) is 0 Å². The van der Waals surface area contributed by atoms with Crippen LogP contribution in [0.15, 0.2) is 48.5 Å². The van der Waals surface area contributed by atoms with Gasteiger partial charge in [-0.15, -0.1) is 0 Å². The molecule has 0 saturated heterocycles. The molecule has 0 aliphatic carbocycles. The van der Waals surface area contributed by atoms with Gasteiger partial charge in [0.15, 0.2) is 6.61 Å². The Labute approximate surface area is 178 Å². The number of nitrogens with zero attached hydrogens (tertiary/aromatic N) is 1. The van der Waals surface area contributed by atoms with Crippen LogP contribution in [0.5, 0.6) is 5.75 Å². The maximum absolute atomic E-state index is 13.1. The first-order valence-electron chi connectivity index (χ1n) is 10.3. The Balaban J connectivity index is 2.17. The maximum atomic E-state index is 13.1. The van der Waals surface area contributed by atoms with Crippen LogP contribution in [0.4, 0.5) is 4.39 Å². The average molecular weight is 415 g/mol. The summed E-state index contributed by atoms with van der Waals surface area (Å²) in [4.78, 5) is 27.4. The van der Waals surface area contributed by atoms with Crippen molar-refractivity contribution in [1.29, 1.82) is 0 Å². The second-order valence-corrected chi connectivity index (χ2v) is 7.81. The first-order chi connectivity index (χ1) is 14.3. The summed E-state index contributed by atoms with van der Waals surface area (Å²) < 4.78 is 18.6. The maximum Gasteiger partial charge on any atom is 0.261 e. The molecule has 0 radical (unpaired) electrons. The van der Waals surface area contributed by atoms with Crippen LogP contribution in [-0.4, -0.2) is 35.9 Å². The minimum absolute atomic E-state index is 0.173. The second-order valence-electron chi connectivity index (χ2n) is 7.81. The largest absolute Gasteiger partial charge is 0.484 e. The Hall–Kier alpha value is -2.89. The van der Waals surface area contributed by atoms with E-state index < -0.39 is 6.04 Å². The van der Waals surface area contributed by atoms with Crippen molar-refractivity contribution in [3.05, 3.63) is 65.5 Å². The van der Waals surface area contributed by atoms with Crippen molar-refractivity contribution in [2.75, 3.05) is 13.2 Å². The molecule has 1 N–H and O–H groups in total. The number of carbonyl (C=O) groups excluding carboxylic acids is 2. The summed E-state index contributed by atoms with van der Waals surface area (Å²) in [5.74, 6) is -0.130. The van der Waals surface area contributed by atoms with Crippen LogP contribution in [-0.2, 0) is 16.1 Å². The molecule has 0 heterocycles. The summed E-state index contributed by atoms with van der Waals surface area (Å²) in [5, 5.41) is 2.93. The molecule has 0 aliphatic rings. The lowest BCUT2D eigenvalue weighted by molar-refractivity contribution is -0.143.